The molecule has 0 aliphatic rings. The van der Waals surface area contributed by atoms with Crippen molar-refractivity contribution in [1.29, 1.82) is 5.26 Å². The second kappa shape index (κ2) is 8.01. The number of aryl methyl sites for hydroxylation is 1. The average Bonchev–Trinajstić information content (AvgIpc) is 3.12. The van der Waals surface area contributed by atoms with Crippen molar-refractivity contribution in [2.75, 3.05) is 17.2 Å². The predicted molar refractivity (Wildman–Crippen MR) is 117 cm³/mol. The maximum absolute atomic E-state index is 14.4. The molecule has 4 N–H and O–H groups in total. The van der Waals surface area contributed by atoms with Gasteiger partial charge >= 0.3 is 0 Å². The molecule has 0 radical (unpaired) electrons. The molecule has 0 aliphatic heterocycles. The highest BCUT2D eigenvalue weighted by Crippen LogP contribution is 2.28. The second-order valence-corrected chi connectivity index (χ2v) is 7.40. The molecule has 2 aromatic carbocycles. The number of carbonyl (C=O) groups is 1. The van der Waals surface area contributed by atoms with Gasteiger partial charge in [-0.05, 0) is 37.3 Å². The van der Waals surface area contributed by atoms with E-state index in [9.17, 15) is 14.4 Å². The van der Waals surface area contributed by atoms with Gasteiger partial charge in [-0.3, -0.25) is 14.5 Å². The number of nitriles is 1. The van der Waals surface area contributed by atoms with Crippen LogP contribution in [0.2, 0.25) is 0 Å². The van der Waals surface area contributed by atoms with Gasteiger partial charge in [0, 0.05) is 54.2 Å². The van der Waals surface area contributed by atoms with E-state index in [1.807, 2.05) is 6.92 Å². The minimum atomic E-state index is -0.523. The van der Waals surface area contributed by atoms with Gasteiger partial charge < -0.3 is 16.4 Å². The topological polar surface area (TPSA) is 122 Å². The Morgan fingerprint density at radius 2 is 2.13 bits per heavy atom. The van der Waals surface area contributed by atoms with Crippen LogP contribution in [-0.4, -0.2) is 33.3 Å². The summed E-state index contributed by atoms with van der Waals surface area (Å²) in [6.45, 7) is 2.38. The Hall–Kier alpha value is -4.03. The number of halogens is 1. The number of nitrogens with one attached hydrogen (secondary N) is 2. The Balaban J connectivity index is 1.72. The summed E-state index contributed by atoms with van der Waals surface area (Å²) < 4.78 is 15.9. The number of benzene rings is 2. The van der Waals surface area contributed by atoms with E-state index in [4.69, 9.17) is 5.73 Å². The van der Waals surface area contributed by atoms with Crippen LogP contribution in [0.4, 0.5) is 15.8 Å². The summed E-state index contributed by atoms with van der Waals surface area (Å²) in [5.41, 5.74) is 8.19. The van der Waals surface area contributed by atoms with Gasteiger partial charge in [-0.1, -0.05) is 0 Å². The van der Waals surface area contributed by atoms with Gasteiger partial charge in [-0.15, -0.1) is 0 Å². The zero-order chi connectivity index (χ0) is 22.1. The molecule has 0 saturated heterocycles. The summed E-state index contributed by atoms with van der Waals surface area (Å²) in [5.74, 6) is -0.964. The van der Waals surface area contributed by atoms with Gasteiger partial charge in [0.1, 0.15) is 11.6 Å². The highest BCUT2D eigenvalue weighted by Gasteiger charge is 2.16. The molecule has 1 amide bonds. The fourth-order valence-corrected chi connectivity index (χ4v) is 3.37. The van der Waals surface area contributed by atoms with Crippen LogP contribution in [-0.2, 0) is 7.05 Å². The van der Waals surface area contributed by atoms with E-state index in [1.165, 1.54) is 16.9 Å². The number of rotatable bonds is 5. The number of aromatic nitrogens is 3. The van der Waals surface area contributed by atoms with Gasteiger partial charge in [0.2, 0.25) is 0 Å². The van der Waals surface area contributed by atoms with Gasteiger partial charge in [0.05, 0.1) is 16.6 Å². The fraction of sp³-hybridized carbons (Fsp3) is 0.182. The molecule has 2 aromatic heterocycles. The lowest BCUT2D eigenvalue weighted by molar-refractivity contribution is 0.102. The third-order valence-corrected chi connectivity index (χ3v) is 4.77. The first-order chi connectivity index (χ1) is 14.9. The lowest BCUT2D eigenvalue weighted by atomic mass is 10.0. The zero-order valence-corrected chi connectivity index (χ0v) is 17.0. The molecule has 156 valence electrons. The van der Waals surface area contributed by atoms with Crippen molar-refractivity contribution in [2.24, 2.45) is 12.8 Å². The number of nitrogens with two attached hydrogens (primary N) is 1. The first kappa shape index (κ1) is 20.3. The molecular weight excluding hydrogens is 397 g/mol. The molecule has 1 atom stereocenters. The minimum Gasteiger partial charge on any atom is -0.383 e. The molecule has 0 unspecified atom stereocenters. The number of pyridine rings is 1. The van der Waals surface area contributed by atoms with Crippen molar-refractivity contribution in [2.45, 2.75) is 13.0 Å². The summed E-state index contributed by atoms with van der Waals surface area (Å²) >= 11 is 0. The van der Waals surface area contributed by atoms with Crippen molar-refractivity contribution in [3.05, 3.63) is 59.7 Å². The van der Waals surface area contributed by atoms with Gasteiger partial charge in [0.25, 0.3) is 5.91 Å². The third-order valence-electron chi connectivity index (χ3n) is 4.77. The zero-order valence-electron chi connectivity index (χ0n) is 17.0. The van der Waals surface area contributed by atoms with Gasteiger partial charge in [-0.2, -0.15) is 10.4 Å². The van der Waals surface area contributed by atoms with Crippen molar-refractivity contribution < 1.29 is 9.18 Å². The van der Waals surface area contributed by atoms with E-state index >= 15 is 0 Å². The number of hydrogen-bond donors (Lipinski definition) is 3. The molecule has 31 heavy (non-hydrogen) atoms. The molecule has 2 heterocycles. The number of hydrogen-bond acceptors (Lipinski definition) is 6. The Morgan fingerprint density at radius 1 is 1.32 bits per heavy atom. The molecule has 0 fully saturated rings. The van der Waals surface area contributed by atoms with Crippen molar-refractivity contribution in [3.63, 3.8) is 0 Å². The summed E-state index contributed by atoms with van der Waals surface area (Å²) in [6, 6.07) is 9.92. The maximum atomic E-state index is 14.4. The monoisotopic (exact) mass is 417 g/mol. The van der Waals surface area contributed by atoms with Crippen LogP contribution in [0.3, 0.4) is 0 Å². The number of nitrogens with zero attached hydrogens (tertiary/aromatic N) is 4. The van der Waals surface area contributed by atoms with Crippen molar-refractivity contribution in [1.82, 2.24) is 14.8 Å². The van der Waals surface area contributed by atoms with Crippen LogP contribution in [0.15, 0.2) is 42.7 Å². The summed E-state index contributed by atoms with van der Waals surface area (Å²) in [5, 5.41) is 20.5. The number of carbonyl (C=O) groups excluding carboxylic acids is 1. The van der Waals surface area contributed by atoms with E-state index in [0.717, 1.165) is 5.69 Å². The van der Waals surface area contributed by atoms with Crippen LogP contribution in [0.5, 0.6) is 0 Å². The lowest BCUT2D eigenvalue weighted by Gasteiger charge is -2.14. The molecule has 8 nitrogen and oxygen atoms in total. The van der Waals surface area contributed by atoms with Crippen LogP contribution >= 0.6 is 0 Å². The highest BCUT2D eigenvalue weighted by atomic mass is 19.1. The van der Waals surface area contributed by atoms with E-state index in [0.29, 0.717) is 39.6 Å². The molecule has 0 aliphatic carbocycles. The van der Waals surface area contributed by atoms with Gasteiger partial charge in [-0.25, -0.2) is 4.39 Å². The predicted octanol–water partition coefficient (Wildman–Crippen LogP) is 3.14. The van der Waals surface area contributed by atoms with E-state index in [1.54, 1.807) is 37.5 Å². The lowest BCUT2D eigenvalue weighted by Crippen LogP contribution is -2.25. The molecule has 9 heteroatoms. The Labute approximate surface area is 177 Å². The van der Waals surface area contributed by atoms with Gasteiger partial charge in [0.15, 0.2) is 5.82 Å². The van der Waals surface area contributed by atoms with Crippen LogP contribution < -0.4 is 16.4 Å². The Kier molecular flexibility index (Phi) is 5.23. The first-order valence-electron chi connectivity index (χ1n) is 9.62. The SMILES string of the molecule is C[C@@H](N)CNc1ccc(C(=O)Nc2cc(F)c3nn(C)cc3c2)c2ncc(C#N)cc12. The maximum Gasteiger partial charge on any atom is 0.257 e. The van der Waals surface area contributed by atoms with Crippen molar-refractivity contribution in [3.8, 4) is 6.07 Å². The second-order valence-electron chi connectivity index (χ2n) is 7.40. The summed E-state index contributed by atoms with van der Waals surface area (Å²) in [6.07, 6.45) is 3.09. The number of amides is 1. The Morgan fingerprint density at radius 3 is 2.87 bits per heavy atom. The minimum absolute atomic E-state index is 0.0811. The molecular formula is C22H20FN7O. The quantitative estimate of drug-likeness (QED) is 0.459. The molecule has 4 rings (SSSR count). The molecule has 4 aromatic rings. The van der Waals surface area contributed by atoms with E-state index in [2.05, 4.69) is 26.8 Å². The van der Waals surface area contributed by atoms with Crippen molar-refractivity contribution >= 4 is 39.1 Å². The molecule has 0 saturated carbocycles. The van der Waals surface area contributed by atoms with Crippen LogP contribution in [0.25, 0.3) is 21.8 Å². The average molecular weight is 417 g/mol. The first-order valence-corrected chi connectivity index (χ1v) is 9.62. The smallest absolute Gasteiger partial charge is 0.257 e. The largest absolute Gasteiger partial charge is 0.383 e. The third kappa shape index (κ3) is 4.01. The summed E-state index contributed by atoms with van der Waals surface area (Å²) in [4.78, 5) is 17.3. The fourth-order valence-electron chi connectivity index (χ4n) is 3.37. The van der Waals surface area contributed by atoms with Crippen LogP contribution in [0.1, 0.15) is 22.8 Å². The molecule has 0 spiro atoms. The number of fused-ring (bicyclic) bond motifs is 2. The Bertz CT molecular complexity index is 1350. The highest BCUT2D eigenvalue weighted by molar-refractivity contribution is 6.14. The van der Waals surface area contributed by atoms with E-state index < -0.39 is 11.7 Å². The normalized spacial score (nSPS) is 12.0. The number of anilines is 2. The summed E-state index contributed by atoms with van der Waals surface area (Å²) in [7, 11) is 1.70. The molecule has 0 bridgehead atoms. The standard InChI is InChI=1S/C22H20FN7O/c1-12(25)9-26-19-4-3-16(21-17(19)5-13(8-24)10-27-21)22(31)28-15-6-14-11-30(2)29-20(14)18(23)7-15/h3-7,10-12,26H,9,25H2,1-2H3,(H,28,31)/t12-/m1/s1. The van der Waals surface area contributed by atoms with E-state index in [-0.39, 0.29) is 11.6 Å². The van der Waals surface area contributed by atoms with Crippen LogP contribution in [0, 0.1) is 17.1 Å².